The second-order valence-electron chi connectivity index (χ2n) is 11.8. The third kappa shape index (κ3) is 8.21. The van der Waals surface area contributed by atoms with Crippen LogP contribution in [-0.4, -0.2) is 6.11 Å². The van der Waals surface area contributed by atoms with Gasteiger partial charge in [-0.1, -0.05) is 62.2 Å². The molecule has 0 unspecified atom stereocenters. The molecule has 1 nitrogen and oxygen atoms in total. The number of rotatable bonds is 12. The fraction of sp³-hybridized carbons (Fsp3) is 0.588. The molecule has 2 saturated carbocycles. The van der Waals surface area contributed by atoms with Crippen molar-refractivity contribution in [2.45, 2.75) is 115 Å². The molecule has 0 heterocycles. The fourth-order valence-electron chi connectivity index (χ4n) is 6.64. The minimum absolute atomic E-state index is 0.183. The first kappa shape index (κ1) is 28.9. The van der Waals surface area contributed by atoms with E-state index in [-0.39, 0.29) is 5.56 Å². The quantitative estimate of drug-likeness (QED) is 0.250. The Morgan fingerprint density at radius 1 is 0.842 bits per heavy atom. The molecule has 2 aromatic carbocycles. The van der Waals surface area contributed by atoms with Crippen LogP contribution >= 0.6 is 0 Å². The highest BCUT2D eigenvalue weighted by molar-refractivity contribution is 5.28. The summed E-state index contributed by atoms with van der Waals surface area (Å²) >= 11 is 0. The van der Waals surface area contributed by atoms with Gasteiger partial charge < -0.3 is 4.74 Å². The molecule has 38 heavy (non-hydrogen) atoms. The van der Waals surface area contributed by atoms with Crippen LogP contribution in [0, 0.1) is 17.7 Å². The summed E-state index contributed by atoms with van der Waals surface area (Å²) in [6, 6.07) is 12.6. The normalized spacial score (nSPS) is 24.3. The Hall–Kier alpha value is -2.07. The van der Waals surface area contributed by atoms with Crippen molar-refractivity contribution >= 4 is 0 Å². The number of hydrogen-bond donors (Lipinski definition) is 0. The second-order valence-corrected chi connectivity index (χ2v) is 11.8. The number of hydrogen-bond acceptors (Lipinski definition) is 1. The van der Waals surface area contributed by atoms with Crippen molar-refractivity contribution in [2.24, 2.45) is 11.8 Å². The van der Waals surface area contributed by atoms with Crippen LogP contribution in [0.4, 0.5) is 13.2 Å². The Morgan fingerprint density at radius 3 is 2.00 bits per heavy atom. The van der Waals surface area contributed by atoms with Gasteiger partial charge in [-0.15, -0.1) is 6.58 Å². The Labute approximate surface area is 227 Å². The molecule has 208 valence electrons. The highest BCUT2D eigenvalue weighted by Crippen LogP contribution is 2.39. The Bertz CT molecular complexity index is 999. The van der Waals surface area contributed by atoms with Gasteiger partial charge in [-0.05, 0) is 111 Å². The van der Waals surface area contributed by atoms with E-state index in [9.17, 15) is 13.2 Å². The molecular weight excluding hydrogens is 481 g/mol. The summed E-state index contributed by atoms with van der Waals surface area (Å²) in [5, 5.41) is 0. The third-order valence-electron chi connectivity index (χ3n) is 9.02. The van der Waals surface area contributed by atoms with Crippen LogP contribution in [0.3, 0.4) is 0 Å². The maximum atomic E-state index is 14.8. The van der Waals surface area contributed by atoms with E-state index >= 15 is 0 Å². The molecule has 0 radical (unpaired) electrons. The SMILES string of the molecule is C=CCCC1CCC(c2ccc(COC(F)(F)Cc3ccc(C4CCC(CCC)CC4)cc3)c(F)c2)CC1. The van der Waals surface area contributed by atoms with Crippen molar-refractivity contribution in [2.75, 3.05) is 0 Å². The molecule has 0 atom stereocenters. The number of ether oxygens (including phenoxy) is 1. The molecule has 0 saturated heterocycles. The lowest BCUT2D eigenvalue weighted by atomic mass is 9.77. The summed E-state index contributed by atoms with van der Waals surface area (Å²) in [5.74, 6) is 2.00. The first-order valence-electron chi connectivity index (χ1n) is 14.9. The van der Waals surface area contributed by atoms with Gasteiger partial charge in [-0.3, -0.25) is 0 Å². The van der Waals surface area contributed by atoms with E-state index in [0.29, 0.717) is 17.4 Å². The lowest BCUT2D eigenvalue weighted by Crippen LogP contribution is -2.24. The first-order valence-corrected chi connectivity index (χ1v) is 14.9. The second kappa shape index (κ2) is 13.8. The van der Waals surface area contributed by atoms with Gasteiger partial charge in [0.2, 0.25) is 0 Å². The third-order valence-corrected chi connectivity index (χ3v) is 9.02. The molecule has 2 aromatic rings. The maximum absolute atomic E-state index is 14.8. The number of alkyl halides is 2. The summed E-state index contributed by atoms with van der Waals surface area (Å²) in [5.41, 5.74) is 2.94. The summed E-state index contributed by atoms with van der Waals surface area (Å²) < 4.78 is 49.0. The summed E-state index contributed by atoms with van der Waals surface area (Å²) in [7, 11) is 0. The summed E-state index contributed by atoms with van der Waals surface area (Å²) in [4.78, 5) is 0. The minimum atomic E-state index is -3.35. The average molecular weight is 527 g/mol. The van der Waals surface area contributed by atoms with Crippen molar-refractivity contribution < 1.29 is 17.9 Å². The standard InChI is InChI=1S/C34H45F3O/c1-3-5-7-26-10-16-30(17-11-26)31-20-21-32(33(35)22-31)24-38-34(36,37)23-27-12-18-29(19-13-27)28-14-8-25(6-4-2)9-15-28/h3,12-13,18-22,25-26,28,30H,1,4-11,14-17,23-24H2,2H3. The summed E-state index contributed by atoms with van der Waals surface area (Å²) in [6.45, 7) is 5.61. The maximum Gasteiger partial charge on any atom is 0.360 e. The van der Waals surface area contributed by atoms with Gasteiger partial charge >= 0.3 is 6.11 Å². The van der Waals surface area contributed by atoms with Crippen molar-refractivity contribution in [1.82, 2.24) is 0 Å². The van der Waals surface area contributed by atoms with Gasteiger partial charge in [0.15, 0.2) is 0 Å². The van der Waals surface area contributed by atoms with Gasteiger partial charge in [0, 0.05) is 5.56 Å². The average Bonchev–Trinajstić information content (AvgIpc) is 2.92. The molecular formula is C34H45F3O. The van der Waals surface area contributed by atoms with E-state index in [1.807, 2.05) is 24.3 Å². The first-order chi connectivity index (χ1) is 18.4. The summed E-state index contributed by atoms with van der Waals surface area (Å²) in [6.07, 6.45) is 12.2. The van der Waals surface area contributed by atoms with Gasteiger partial charge in [-0.25, -0.2) is 4.39 Å². The number of allylic oxidation sites excluding steroid dienone is 1. The Morgan fingerprint density at radius 2 is 1.42 bits per heavy atom. The molecule has 2 aliphatic carbocycles. The highest BCUT2D eigenvalue weighted by atomic mass is 19.3. The Kier molecular flexibility index (Phi) is 10.5. The number of benzene rings is 2. The topological polar surface area (TPSA) is 9.23 Å². The van der Waals surface area contributed by atoms with Crippen LogP contribution in [0.1, 0.15) is 118 Å². The van der Waals surface area contributed by atoms with Gasteiger partial charge in [-0.2, -0.15) is 8.78 Å². The van der Waals surface area contributed by atoms with Gasteiger partial charge in [0.1, 0.15) is 5.82 Å². The van der Waals surface area contributed by atoms with Gasteiger partial charge in [0.25, 0.3) is 0 Å². The molecule has 0 bridgehead atoms. The lowest BCUT2D eigenvalue weighted by molar-refractivity contribution is -0.244. The molecule has 2 aliphatic rings. The predicted octanol–water partition coefficient (Wildman–Crippen LogP) is 10.5. The monoisotopic (exact) mass is 526 g/mol. The molecule has 0 spiro atoms. The van der Waals surface area contributed by atoms with Crippen LogP contribution in [0.5, 0.6) is 0 Å². The zero-order chi connectivity index (χ0) is 27.0. The molecule has 4 rings (SSSR count). The Balaban J connectivity index is 1.25. The van der Waals surface area contributed by atoms with Crippen LogP contribution in [0.25, 0.3) is 0 Å². The van der Waals surface area contributed by atoms with E-state index in [1.165, 1.54) is 56.6 Å². The van der Waals surface area contributed by atoms with Crippen LogP contribution in [0.2, 0.25) is 0 Å². The van der Waals surface area contributed by atoms with Crippen LogP contribution in [-0.2, 0) is 17.8 Å². The zero-order valence-corrected chi connectivity index (χ0v) is 23.1. The smallest absolute Gasteiger partial charge is 0.315 e. The van der Waals surface area contributed by atoms with Crippen molar-refractivity contribution in [3.8, 4) is 0 Å². The number of halogens is 3. The van der Waals surface area contributed by atoms with Crippen LogP contribution in [0.15, 0.2) is 55.1 Å². The minimum Gasteiger partial charge on any atom is -0.315 e. The van der Waals surface area contributed by atoms with Crippen molar-refractivity contribution in [1.29, 1.82) is 0 Å². The highest BCUT2D eigenvalue weighted by Gasteiger charge is 2.31. The molecule has 0 aliphatic heterocycles. The van der Waals surface area contributed by atoms with Crippen molar-refractivity contribution in [3.05, 3.63) is 83.2 Å². The fourth-order valence-corrected chi connectivity index (χ4v) is 6.64. The largest absolute Gasteiger partial charge is 0.360 e. The van der Waals surface area contributed by atoms with Gasteiger partial charge in [0.05, 0.1) is 13.0 Å². The van der Waals surface area contributed by atoms with E-state index in [0.717, 1.165) is 49.5 Å². The molecule has 0 aromatic heterocycles. The lowest BCUT2D eigenvalue weighted by Gasteiger charge is -2.29. The molecule has 0 amide bonds. The van der Waals surface area contributed by atoms with E-state index < -0.39 is 25.0 Å². The van der Waals surface area contributed by atoms with E-state index in [2.05, 4.69) is 13.5 Å². The van der Waals surface area contributed by atoms with E-state index in [1.54, 1.807) is 18.2 Å². The molecule has 0 N–H and O–H groups in total. The van der Waals surface area contributed by atoms with Crippen molar-refractivity contribution in [3.63, 3.8) is 0 Å². The predicted molar refractivity (Wildman–Crippen MR) is 150 cm³/mol. The van der Waals surface area contributed by atoms with Crippen LogP contribution < -0.4 is 0 Å². The molecule has 4 heteroatoms. The molecule has 2 fully saturated rings. The zero-order valence-electron chi connectivity index (χ0n) is 23.1. The van der Waals surface area contributed by atoms with E-state index in [4.69, 9.17) is 4.74 Å².